The van der Waals surface area contributed by atoms with E-state index in [4.69, 9.17) is 5.26 Å². The SMILES string of the molecule is CCN(c1cccc(C)c1)c1nc(C)cc(Nc2ccc(C#N)cc2)n1. The van der Waals surface area contributed by atoms with Gasteiger partial charge in [0.05, 0.1) is 11.6 Å². The van der Waals surface area contributed by atoms with Crippen LogP contribution in [0.25, 0.3) is 0 Å². The van der Waals surface area contributed by atoms with Crippen molar-refractivity contribution < 1.29 is 0 Å². The van der Waals surface area contributed by atoms with Crippen molar-refractivity contribution in [3.8, 4) is 6.07 Å². The van der Waals surface area contributed by atoms with Crippen molar-refractivity contribution >= 4 is 23.1 Å². The maximum atomic E-state index is 8.91. The molecular formula is C21H21N5. The summed E-state index contributed by atoms with van der Waals surface area (Å²) in [5.41, 5.74) is 4.67. The maximum absolute atomic E-state index is 8.91. The summed E-state index contributed by atoms with van der Waals surface area (Å²) in [6, 6.07) is 19.6. The quantitative estimate of drug-likeness (QED) is 0.716. The zero-order valence-electron chi connectivity index (χ0n) is 15.2. The first-order valence-electron chi connectivity index (χ1n) is 8.56. The summed E-state index contributed by atoms with van der Waals surface area (Å²) >= 11 is 0. The van der Waals surface area contributed by atoms with Crippen LogP contribution in [-0.4, -0.2) is 16.5 Å². The van der Waals surface area contributed by atoms with Crippen molar-refractivity contribution in [1.82, 2.24) is 9.97 Å². The van der Waals surface area contributed by atoms with Crippen LogP contribution in [0, 0.1) is 25.2 Å². The highest BCUT2D eigenvalue weighted by Crippen LogP contribution is 2.25. The fourth-order valence-electron chi connectivity index (χ4n) is 2.75. The Bertz CT molecular complexity index is 941. The summed E-state index contributed by atoms with van der Waals surface area (Å²) in [7, 11) is 0. The average Bonchev–Trinajstić information content (AvgIpc) is 2.63. The molecule has 1 N–H and O–H groups in total. The fraction of sp³-hybridized carbons (Fsp3) is 0.190. The van der Waals surface area contributed by atoms with E-state index in [0.29, 0.717) is 11.5 Å². The molecule has 0 bridgehead atoms. The highest BCUT2D eigenvalue weighted by molar-refractivity contribution is 5.62. The number of nitrogens with zero attached hydrogens (tertiary/aromatic N) is 4. The zero-order chi connectivity index (χ0) is 18.5. The van der Waals surface area contributed by atoms with Crippen molar-refractivity contribution in [2.75, 3.05) is 16.8 Å². The second-order valence-electron chi connectivity index (χ2n) is 6.09. The van der Waals surface area contributed by atoms with E-state index in [9.17, 15) is 0 Å². The first-order chi connectivity index (χ1) is 12.6. The molecule has 0 aliphatic rings. The largest absolute Gasteiger partial charge is 0.340 e. The number of aryl methyl sites for hydroxylation is 2. The number of nitrogens with one attached hydrogen (secondary N) is 1. The summed E-state index contributed by atoms with van der Waals surface area (Å²) in [4.78, 5) is 11.4. The second kappa shape index (κ2) is 7.66. The van der Waals surface area contributed by atoms with Crippen LogP contribution in [0.3, 0.4) is 0 Å². The minimum Gasteiger partial charge on any atom is -0.340 e. The van der Waals surface area contributed by atoms with Crippen LogP contribution in [0.15, 0.2) is 54.6 Å². The Kier molecular flexibility index (Phi) is 5.14. The van der Waals surface area contributed by atoms with E-state index in [1.807, 2.05) is 31.2 Å². The van der Waals surface area contributed by atoms with Gasteiger partial charge < -0.3 is 10.2 Å². The normalized spacial score (nSPS) is 10.2. The molecule has 0 radical (unpaired) electrons. The Labute approximate surface area is 154 Å². The Morgan fingerprint density at radius 1 is 1.04 bits per heavy atom. The van der Waals surface area contributed by atoms with Crippen LogP contribution in [0.2, 0.25) is 0 Å². The molecule has 5 nitrogen and oxygen atoms in total. The average molecular weight is 343 g/mol. The number of benzene rings is 2. The van der Waals surface area contributed by atoms with E-state index < -0.39 is 0 Å². The Morgan fingerprint density at radius 3 is 2.46 bits per heavy atom. The van der Waals surface area contributed by atoms with Crippen LogP contribution in [0.1, 0.15) is 23.7 Å². The molecule has 2 aromatic carbocycles. The topological polar surface area (TPSA) is 64.8 Å². The Hall–Kier alpha value is -3.39. The lowest BCUT2D eigenvalue weighted by Gasteiger charge is -2.22. The number of anilines is 4. The minimum atomic E-state index is 0.631. The van der Waals surface area contributed by atoms with Gasteiger partial charge in [0.25, 0.3) is 0 Å². The number of rotatable bonds is 5. The summed E-state index contributed by atoms with van der Waals surface area (Å²) in [5.74, 6) is 1.39. The van der Waals surface area contributed by atoms with Crippen LogP contribution >= 0.6 is 0 Å². The zero-order valence-corrected chi connectivity index (χ0v) is 15.2. The molecule has 3 rings (SSSR count). The number of aromatic nitrogens is 2. The molecule has 0 aliphatic heterocycles. The number of hydrogen-bond donors (Lipinski definition) is 1. The monoisotopic (exact) mass is 343 g/mol. The standard InChI is InChI=1S/C21H21N5/c1-4-26(19-7-5-6-15(2)12-19)21-23-16(3)13-20(25-21)24-18-10-8-17(14-22)9-11-18/h5-13H,4H2,1-3H3,(H,23,24,25). The molecule has 0 saturated carbocycles. The molecule has 26 heavy (non-hydrogen) atoms. The molecule has 5 heteroatoms. The lowest BCUT2D eigenvalue weighted by molar-refractivity contribution is 0.935. The predicted molar refractivity (Wildman–Crippen MR) is 105 cm³/mol. The third-order valence-electron chi connectivity index (χ3n) is 4.00. The lowest BCUT2D eigenvalue weighted by atomic mass is 10.2. The Morgan fingerprint density at radius 2 is 1.81 bits per heavy atom. The van der Waals surface area contributed by atoms with Gasteiger partial charge in [0, 0.05) is 29.7 Å². The number of hydrogen-bond acceptors (Lipinski definition) is 5. The third-order valence-corrected chi connectivity index (χ3v) is 4.00. The van der Waals surface area contributed by atoms with E-state index in [-0.39, 0.29) is 0 Å². The van der Waals surface area contributed by atoms with Crippen molar-refractivity contribution in [3.05, 3.63) is 71.4 Å². The van der Waals surface area contributed by atoms with Gasteiger partial charge in [-0.25, -0.2) is 4.98 Å². The molecule has 0 unspecified atom stereocenters. The van der Waals surface area contributed by atoms with Gasteiger partial charge in [-0.2, -0.15) is 10.2 Å². The van der Waals surface area contributed by atoms with Gasteiger partial charge in [-0.15, -0.1) is 0 Å². The first kappa shape index (κ1) is 17.4. The fourth-order valence-corrected chi connectivity index (χ4v) is 2.75. The summed E-state index contributed by atoms with van der Waals surface area (Å²) in [5, 5.41) is 12.2. The van der Waals surface area contributed by atoms with E-state index >= 15 is 0 Å². The molecule has 130 valence electrons. The van der Waals surface area contributed by atoms with Crippen molar-refractivity contribution in [1.29, 1.82) is 5.26 Å². The van der Waals surface area contributed by atoms with Crippen molar-refractivity contribution in [2.45, 2.75) is 20.8 Å². The molecule has 1 aromatic heterocycles. The molecular weight excluding hydrogens is 322 g/mol. The molecule has 0 amide bonds. The van der Waals surface area contributed by atoms with Crippen LogP contribution in [0.4, 0.5) is 23.1 Å². The van der Waals surface area contributed by atoms with E-state index in [1.165, 1.54) is 5.56 Å². The van der Waals surface area contributed by atoms with Gasteiger partial charge >= 0.3 is 0 Å². The first-order valence-corrected chi connectivity index (χ1v) is 8.56. The van der Waals surface area contributed by atoms with Crippen LogP contribution < -0.4 is 10.2 Å². The van der Waals surface area contributed by atoms with Crippen molar-refractivity contribution in [3.63, 3.8) is 0 Å². The van der Waals surface area contributed by atoms with Gasteiger partial charge in [0.2, 0.25) is 5.95 Å². The summed E-state index contributed by atoms with van der Waals surface area (Å²) in [6.45, 7) is 6.89. The lowest BCUT2D eigenvalue weighted by Crippen LogP contribution is -2.19. The van der Waals surface area contributed by atoms with Gasteiger partial charge in [-0.3, -0.25) is 0 Å². The third kappa shape index (κ3) is 3.98. The maximum Gasteiger partial charge on any atom is 0.232 e. The predicted octanol–water partition coefficient (Wildman–Crippen LogP) is 4.87. The van der Waals surface area contributed by atoms with Gasteiger partial charge in [-0.1, -0.05) is 12.1 Å². The molecule has 1 heterocycles. The van der Waals surface area contributed by atoms with Crippen molar-refractivity contribution in [2.24, 2.45) is 0 Å². The second-order valence-corrected chi connectivity index (χ2v) is 6.09. The van der Waals surface area contributed by atoms with E-state index in [2.05, 4.69) is 58.3 Å². The molecule has 0 saturated heterocycles. The molecule has 0 aliphatic carbocycles. The highest BCUT2D eigenvalue weighted by Gasteiger charge is 2.12. The van der Waals surface area contributed by atoms with Crippen LogP contribution in [0.5, 0.6) is 0 Å². The summed E-state index contributed by atoms with van der Waals surface area (Å²) < 4.78 is 0. The molecule has 3 aromatic rings. The van der Waals surface area contributed by atoms with E-state index in [1.54, 1.807) is 12.1 Å². The van der Waals surface area contributed by atoms with Crippen LogP contribution in [-0.2, 0) is 0 Å². The van der Waals surface area contributed by atoms with Gasteiger partial charge in [0.15, 0.2) is 0 Å². The van der Waals surface area contributed by atoms with E-state index in [0.717, 1.165) is 29.4 Å². The Balaban J connectivity index is 1.92. The smallest absolute Gasteiger partial charge is 0.232 e. The summed E-state index contributed by atoms with van der Waals surface area (Å²) in [6.07, 6.45) is 0. The number of nitriles is 1. The van der Waals surface area contributed by atoms with Gasteiger partial charge in [0.1, 0.15) is 5.82 Å². The minimum absolute atomic E-state index is 0.631. The highest BCUT2D eigenvalue weighted by atomic mass is 15.3. The molecule has 0 atom stereocenters. The van der Waals surface area contributed by atoms with Gasteiger partial charge in [-0.05, 0) is 62.7 Å². The molecule has 0 spiro atoms. The molecule has 0 fully saturated rings.